The summed E-state index contributed by atoms with van der Waals surface area (Å²) in [6.07, 6.45) is 5.56. The van der Waals surface area contributed by atoms with Gasteiger partial charge in [-0.3, -0.25) is 0 Å². The van der Waals surface area contributed by atoms with Crippen molar-refractivity contribution in [3.8, 4) is 6.07 Å². The molecule has 3 nitrogen and oxygen atoms in total. The van der Waals surface area contributed by atoms with Gasteiger partial charge < -0.3 is 10.2 Å². The number of hydrogen-bond donors (Lipinski definition) is 1. The van der Waals surface area contributed by atoms with E-state index in [-0.39, 0.29) is 0 Å². The fourth-order valence-electron chi connectivity index (χ4n) is 2.48. The first-order valence-electron chi connectivity index (χ1n) is 7.05. The van der Waals surface area contributed by atoms with Gasteiger partial charge in [0.2, 0.25) is 0 Å². The van der Waals surface area contributed by atoms with E-state index in [1.54, 1.807) is 0 Å². The van der Waals surface area contributed by atoms with Crippen molar-refractivity contribution >= 4 is 0 Å². The summed E-state index contributed by atoms with van der Waals surface area (Å²) in [4.78, 5) is 2.59. The molecule has 0 radical (unpaired) electrons. The van der Waals surface area contributed by atoms with Gasteiger partial charge in [-0.05, 0) is 65.1 Å². The van der Waals surface area contributed by atoms with Crippen LogP contribution in [0.1, 0.15) is 46.0 Å². The monoisotopic (exact) mass is 237 g/mol. The summed E-state index contributed by atoms with van der Waals surface area (Å²) in [5, 5.41) is 12.0. The van der Waals surface area contributed by atoms with Gasteiger partial charge in [-0.25, -0.2) is 0 Å². The van der Waals surface area contributed by atoms with Gasteiger partial charge in [0.05, 0.1) is 6.07 Å². The number of nitriles is 1. The molecule has 3 heteroatoms. The molecule has 0 saturated carbocycles. The molecule has 98 valence electrons. The predicted octanol–water partition coefficient (Wildman–Crippen LogP) is 2.39. The zero-order valence-corrected chi connectivity index (χ0v) is 11.4. The Hall–Kier alpha value is -0.590. The molecule has 0 bridgehead atoms. The summed E-state index contributed by atoms with van der Waals surface area (Å²) < 4.78 is 0. The van der Waals surface area contributed by atoms with Gasteiger partial charge in [-0.2, -0.15) is 5.26 Å². The average Bonchev–Trinajstić information content (AvgIpc) is 2.34. The molecule has 0 aromatic heterocycles. The summed E-state index contributed by atoms with van der Waals surface area (Å²) in [7, 11) is 0. The largest absolute Gasteiger partial charge is 0.317 e. The fraction of sp³-hybridized carbons (Fsp3) is 0.929. The third-order valence-electron chi connectivity index (χ3n) is 3.67. The van der Waals surface area contributed by atoms with Crippen molar-refractivity contribution in [2.24, 2.45) is 5.92 Å². The van der Waals surface area contributed by atoms with Crippen LogP contribution in [0.15, 0.2) is 0 Å². The van der Waals surface area contributed by atoms with Crippen LogP contribution >= 0.6 is 0 Å². The second-order valence-electron chi connectivity index (χ2n) is 5.40. The lowest BCUT2D eigenvalue weighted by Crippen LogP contribution is -2.39. The van der Waals surface area contributed by atoms with E-state index in [0.29, 0.717) is 12.5 Å². The molecular weight excluding hydrogens is 210 g/mol. The smallest absolute Gasteiger partial charge is 0.0621 e. The normalized spacial score (nSPS) is 17.6. The third kappa shape index (κ3) is 6.05. The SMILES string of the molecule is CC(C)N(CCCCC#N)CC1CCNCC1. The average molecular weight is 237 g/mol. The van der Waals surface area contributed by atoms with Crippen LogP contribution in [0.5, 0.6) is 0 Å². The van der Waals surface area contributed by atoms with Crippen LogP contribution in [0, 0.1) is 17.2 Å². The van der Waals surface area contributed by atoms with E-state index in [2.05, 4.69) is 30.1 Å². The number of piperidine rings is 1. The highest BCUT2D eigenvalue weighted by atomic mass is 15.1. The maximum Gasteiger partial charge on any atom is 0.0621 e. The van der Waals surface area contributed by atoms with Gasteiger partial charge in [-0.15, -0.1) is 0 Å². The van der Waals surface area contributed by atoms with E-state index in [0.717, 1.165) is 25.3 Å². The number of nitrogens with zero attached hydrogens (tertiary/aromatic N) is 2. The van der Waals surface area contributed by atoms with Crippen LogP contribution in [0.2, 0.25) is 0 Å². The van der Waals surface area contributed by atoms with Gasteiger partial charge in [0.25, 0.3) is 0 Å². The summed E-state index contributed by atoms with van der Waals surface area (Å²) in [5.74, 6) is 0.870. The molecule has 1 aliphatic heterocycles. The molecule has 0 amide bonds. The van der Waals surface area contributed by atoms with Crippen LogP contribution in [0.4, 0.5) is 0 Å². The summed E-state index contributed by atoms with van der Waals surface area (Å²) >= 11 is 0. The first-order valence-corrected chi connectivity index (χ1v) is 7.05. The quantitative estimate of drug-likeness (QED) is 0.691. The lowest BCUT2D eigenvalue weighted by Gasteiger charge is -2.32. The first-order chi connectivity index (χ1) is 8.24. The molecule has 0 aromatic carbocycles. The summed E-state index contributed by atoms with van der Waals surface area (Å²) in [5.41, 5.74) is 0. The van der Waals surface area contributed by atoms with Crippen LogP contribution in [-0.2, 0) is 0 Å². The third-order valence-corrected chi connectivity index (χ3v) is 3.67. The highest BCUT2D eigenvalue weighted by Gasteiger charge is 2.18. The molecule has 1 rings (SSSR count). The van der Waals surface area contributed by atoms with Crippen molar-refractivity contribution in [1.82, 2.24) is 10.2 Å². The zero-order chi connectivity index (χ0) is 12.5. The van der Waals surface area contributed by atoms with Crippen molar-refractivity contribution in [2.75, 3.05) is 26.2 Å². The van der Waals surface area contributed by atoms with Crippen molar-refractivity contribution in [1.29, 1.82) is 5.26 Å². The van der Waals surface area contributed by atoms with Crippen molar-refractivity contribution in [3.05, 3.63) is 0 Å². The first kappa shape index (κ1) is 14.5. The zero-order valence-electron chi connectivity index (χ0n) is 11.4. The van der Waals surface area contributed by atoms with E-state index < -0.39 is 0 Å². The molecule has 1 aliphatic rings. The predicted molar refractivity (Wildman–Crippen MR) is 71.8 cm³/mol. The Morgan fingerprint density at radius 1 is 1.29 bits per heavy atom. The number of nitrogens with one attached hydrogen (secondary N) is 1. The Morgan fingerprint density at radius 2 is 2.00 bits per heavy atom. The van der Waals surface area contributed by atoms with Gasteiger partial charge in [0.1, 0.15) is 0 Å². The Morgan fingerprint density at radius 3 is 2.59 bits per heavy atom. The molecule has 1 fully saturated rings. The molecule has 0 unspecified atom stereocenters. The molecule has 1 N–H and O–H groups in total. The molecular formula is C14H27N3. The minimum absolute atomic E-state index is 0.631. The lowest BCUT2D eigenvalue weighted by atomic mass is 9.97. The van der Waals surface area contributed by atoms with Gasteiger partial charge in [-0.1, -0.05) is 0 Å². The number of unbranched alkanes of at least 4 members (excludes halogenated alkanes) is 2. The van der Waals surface area contributed by atoms with E-state index in [1.165, 1.54) is 32.5 Å². The molecule has 1 saturated heterocycles. The highest BCUT2D eigenvalue weighted by molar-refractivity contribution is 4.75. The van der Waals surface area contributed by atoms with Crippen LogP contribution in [0.25, 0.3) is 0 Å². The standard InChI is InChI=1S/C14H27N3/c1-13(2)17(11-5-3-4-8-15)12-14-6-9-16-10-7-14/h13-14,16H,3-7,9-12H2,1-2H3. The maximum absolute atomic E-state index is 8.53. The Balaban J connectivity index is 2.24. The van der Waals surface area contributed by atoms with Crippen molar-refractivity contribution in [2.45, 2.75) is 52.0 Å². The molecule has 17 heavy (non-hydrogen) atoms. The van der Waals surface area contributed by atoms with E-state index >= 15 is 0 Å². The van der Waals surface area contributed by atoms with E-state index in [1.807, 2.05) is 0 Å². The summed E-state index contributed by atoms with van der Waals surface area (Å²) in [6, 6.07) is 2.86. The Labute approximate surface area is 106 Å². The number of rotatable bonds is 7. The molecule has 0 atom stereocenters. The van der Waals surface area contributed by atoms with Crippen LogP contribution < -0.4 is 5.32 Å². The number of hydrogen-bond acceptors (Lipinski definition) is 3. The molecule has 0 aliphatic carbocycles. The Bertz CT molecular complexity index is 226. The lowest BCUT2D eigenvalue weighted by molar-refractivity contribution is 0.167. The van der Waals surface area contributed by atoms with Gasteiger partial charge >= 0.3 is 0 Å². The van der Waals surface area contributed by atoms with Gasteiger partial charge in [0, 0.05) is 19.0 Å². The van der Waals surface area contributed by atoms with Crippen molar-refractivity contribution in [3.63, 3.8) is 0 Å². The second-order valence-corrected chi connectivity index (χ2v) is 5.40. The Kier molecular flexibility index (Phi) is 7.23. The van der Waals surface area contributed by atoms with E-state index in [9.17, 15) is 0 Å². The second kappa shape index (κ2) is 8.49. The molecule has 0 aromatic rings. The molecule has 0 spiro atoms. The highest BCUT2D eigenvalue weighted by Crippen LogP contribution is 2.15. The molecule has 1 heterocycles. The minimum atomic E-state index is 0.631. The minimum Gasteiger partial charge on any atom is -0.317 e. The summed E-state index contributed by atoms with van der Waals surface area (Å²) in [6.45, 7) is 9.34. The van der Waals surface area contributed by atoms with Crippen molar-refractivity contribution < 1.29 is 0 Å². The van der Waals surface area contributed by atoms with Crippen LogP contribution in [0.3, 0.4) is 0 Å². The topological polar surface area (TPSA) is 39.1 Å². The maximum atomic E-state index is 8.53. The van der Waals surface area contributed by atoms with E-state index in [4.69, 9.17) is 5.26 Å². The fourth-order valence-corrected chi connectivity index (χ4v) is 2.48. The van der Waals surface area contributed by atoms with Crippen LogP contribution in [-0.4, -0.2) is 37.1 Å². The van der Waals surface area contributed by atoms with Gasteiger partial charge in [0.15, 0.2) is 0 Å².